The predicted octanol–water partition coefficient (Wildman–Crippen LogP) is 4.85. The number of nitrogens with zero attached hydrogens (tertiary/aromatic N) is 2. The molecule has 0 aliphatic heterocycles. The summed E-state index contributed by atoms with van der Waals surface area (Å²) in [4.78, 5) is 29.8. The van der Waals surface area contributed by atoms with Gasteiger partial charge in [0.2, 0.25) is 5.91 Å². The second kappa shape index (κ2) is 12.0. The fourth-order valence-electron chi connectivity index (χ4n) is 3.96. The maximum absolute atomic E-state index is 12.6. The van der Waals surface area contributed by atoms with Crippen LogP contribution < -0.4 is 15.4 Å². The molecule has 8 nitrogen and oxygen atoms in total. The first-order valence-electron chi connectivity index (χ1n) is 11.7. The number of rotatable bonds is 8. The molecule has 36 heavy (non-hydrogen) atoms. The van der Waals surface area contributed by atoms with Gasteiger partial charge in [0.1, 0.15) is 22.9 Å². The zero-order valence-electron chi connectivity index (χ0n) is 19.8. The number of aromatic nitrogens is 1. The number of nitriles is 1. The number of anilines is 1. The zero-order chi connectivity index (χ0) is 25.3. The third-order valence-corrected chi connectivity index (χ3v) is 6.80. The van der Waals surface area contributed by atoms with Gasteiger partial charge < -0.3 is 20.1 Å². The van der Waals surface area contributed by atoms with Crippen molar-refractivity contribution in [2.45, 2.75) is 38.8 Å². The molecule has 1 aromatic carbocycles. The summed E-state index contributed by atoms with van der Waals surface area (Å²) < 4.78 is 11.2. The van der Waals surface area contributed by atoms with Gasteiger partial charge in [-0.3, -0.25) is 9.78 Å². The van der Waals surface area contributed by atoms with Gasteiger partial charge in [0.15, 0.2) is 0 Å². The molecular weight excluding hydrogens is 476 g/mol. The Morgan fingerprint density at radius 1 is 1.28 bits per heavy atom. The van der Waals surface area contributed by atoms with E-state index in [1.54, 1.807) is 24.5 Å². The van der Waals surface area contributed by atoms with Crippen LogP contribution >= 0.6 is 11.3 Å². The highest BCUT2D eigenvalue weighted by Gasteiger charge is 2.28. The van der Waals surface area contributed by atoms with Crippen molar-refractivity contribution in [3.05, 3.63) is 82.0 Å². The first kappa shape index (κ1) is 24.9. The molecule has 2 aromatic heterocycles. The molecule has 0 saturated heterocycles. The minimum absolute atomic E-state index is 0.296. The maximum Gasteiger partial charge on any atom is 0.407 e. The summed E-state index contributed by atoms with van der Waals surface area (Å²) in [5.74, 6) is 0.364. The minimum Gasteiger partial charge on any atom is -0.493 e. The van der Waals surface area contributed by atoms with Crippen LogP contribution in [0.5, 0.6) is 5.75 Å². The molecule has 9 heteroatoms. The Hall–Kier alpha value is -4.16. The molecule has 2 N–H and O–H groups in total. The maximum atomic E-state index is 12.6. The van der Waals surface area contributed by atoms with Crippen LogP contribution in [0.15, 0.2) is 54.9 Å². The highest BCUT2D eigenvalue weighted by molar-refractivity contribution is 7.16. The molecule has 4 rings (SSSR count). The number of fused-ring (bicyclic) bond motifs is 1. The molecule has 0 bridgehead atoms. The second-order valence-corrected chi connectivity index (χ2v) is 9.20. The summed E-state index contributed by atoms with van der Waals surface area (Å²) in [5, 5.41) is 15.8. The molecule has 2 amide bonds. The Morgan fingerprint density at radius 2 is 2.14 bits per heavy atom. The Labute approximate surface area is 213 Å². The van der Waals surface area contributed by atoms with Crippen molar-refractivity contribution in [3.63, 3.8) is 0 Å². The van der Waals surface area contributed by atoms with E-state index in [0.29, 0.717) is 48.7 Å². The van der Waals surface area contributed by atoms with E-state index >= 15 is 0 Å². The lowest BCUT2D eigenvalue weighted by Crippen LogP contribution is -2.31. The van der Waals surface area contributed by atoms with E-state index in [4.69, 9.17) is 9.47 Å². The van der Waals surface area contributed by atoms with Gasteiger partial charge in [-0.25, -0.2) is 4.79 Å². The number of hydrogen-bond acceptors (Lipinski definition) is 7. The molecule has 1 aliphatic carbocycles. The van der Waals surface area contributed by atoms with Crippen molar-refractivity contribution >= 4 is 34.4 Å². The number of hydrogen-bond donors (Lipinski definition) is 2. The standard InChI is InChI=1S/C27H26N4O4S/c1-2-34-23-8-4-3-7-19(23)9-12-25(32)31-26-22(15-28)21-11-10-20(14-24(21)36-26)35-27(33)30-17-18-6-5-13-29-16-18/h3-9,12-13,16,20H,2,10-11,14,17H2,1H3,(H,30,33)(H,31,32)/b12-9+. The van der Waals surface area contributed by atoms with Gasteiger partial charge in [-0.15, -0.1) is 11.3 Å². The van der Waals surface area contributed by atoms with Gasteiger partial charge in [0, 0.05) is 41.9 Å². The second-order valence-electron chi connectivity index (χ2n) is 8.10. The van der Waals surface area contributed by atoms with E-state index in [9.17, 15) is 14.9 Å². The molecular formula is C27H26N4O4S. The summed E-state index contributed by atoms with van der Waals surface area (Å²) in [5.41, 5.74) is 3.07. The van der Waals surface area contributed by atoms with Gasteiger partial charge in [-0.2, -0.15) is 5.26 Å². The first-order chi connectivity index (χ1) is 17.6. The van der Waals surface area contributed by atoms with Gasteiger partial charge in [-0.1, -0.05) is 24.3 Å². The highest BCUT2D eigenvalue weighted by atomic mass is 32.1. The van der Waals surface area contributed by atoms with Crippen LogP contribution in [0.1, 0.15) is 40.5 Å². The SMILES string of the molecule is CCOc1ccccc1/C=C/C(=O)Nc1sc2c(c1C#N)CCC(OC(=O)NCc1cccnc1)C2. The van der Waals surface area contributed by atoms with Crippen LogP contribution in [0.4, 0.5) is 9.80 Å². The molecule has 1 unspecified atom stereocenters. The summed E-state index contributed by atoms with van der Waals surface area (Å²) in [7, 11) is 0. The van der Waals surface area contributed by atoms with E-state index < -0.39 is 6.09 Å². The van der Waals surface area contributed by atoms with E-state index in [-0.39, 0.29) is 12.0 Å². The first-order valence-corrected chi connectivity index (χ1v) is 12.5. The Bertz CT molecular complexity index is 1300. The van der Waals surface area contributed by atoms with Gasteiger partial charge >= 0.3 is 6.09 Å². The zero-order valence-corrected chi connectivity index (χ0v) is 20.6. The Balaban J connectivity index is 1.37. The molecule has 0 radical (unpaired) electrons. The normalized spacial score (nSPS) is 14.5. The van der Waals surface area contributed by atoms with Crippen molar-refractivity contribution in [3.8, 4) is 11.8 Å². The van der Waals surface area contributed by atoms with Crippen LogP contribution in [0.3, 0.4) is 0 Å². The van der Waals surface area contributed by atoms with Gasteiger partial charge in [-0.05, 0) is 49.1 Å². The summed E-state index contributed by atoms with van der Waals surface area (Å²) in [6, 6.07) is 13.4. The van der Waals surface area contributed by atoms with Crippen LogP contribution in [-0.4, -0.2) is 29.7 Å². The highest BCUT2D eigenvalue weighted by Crippen LogP contribution is 2.38. The van der Waals surface area contributed by atoms with Crippen molar-refractivity contribution in [2.75, 3.05) is 11.9 Å². The van der Waals surface area contributed by atoms with Crippen LogP contribution in [0, 0.1) is 11.3 Å². The van der Waals surface area contributed by atoms with Crippen molar-refractivity contribution in [1.29, 1.82) is 5.26 Å². The number of carbonyl (C=O) groups excluding carboxylic acids is 2. The lowest BCUT2D eigenvalue weighted by Gasteiger charge is -2.22. The molecule has 0 spiro atoms. The molecule has 2 heterocycles. The lowest BCUT2D eigenvalue weighted by atomic mass is 9.94. The summed E-state index contributed by atoms with van der Waals surface area (Å²) >= 11 is 1.36. The number of alkyl carbamates (subject to hydrolysis) is 1. The molecule has 1 atom stereocenters. The molecule has 0 saturated carbocycles. The third kappa shape index (κ3) is 6.29. The monoisotopic (exact) mass is 502 g/mol. The third-order valence-electron chi connectivity index (χ3n) is 5.64. The number of ether oxygens (including phenoxy) is 2. The van der Waals surface area contributed by atoms with Crippen molar-refractivity contribution < 1.29 is 19.1 Å². The van der Waals surface area contributed by atoms with E-state index in [2.05, 4.69) is 21.7 Å². The predicted molar refractivity (Wildman–Crippen MR) is 138 cm³/mol. The fraction of sp³-hybridized carbons (Fsp3) is 0.259. The number of carbonyl (C=O) groups is 2. The van der Waals surface area contributed by atoms with Gasteiger partial charge in [0.25, 0.3) is 0 Å². The summed E-state index contributed by atoms with van der Waals surface area (Å²) in [6.07, 6.45) is 7.40. The number of pyridine rings is 1. The molecule has 1 aliphatic rings. The Kier molecular flexibility index (Phi) is 8.32. The van der Waals surface area contributed by atoms with E-state index in [0.717, 1.165) is 21.6 Å². The largest absolute Gasteiger partial charge is 0.493 e. The van der Waals surface area contributed by atoms with Crippen molar-refractivity contribution in [2.24, 2.45) is 0 Å². The van der Waals surface area contributed by atoms with Crippen LogP contribution in [-0.2, 0) is 28.9 Å². The number of thiophene rings is 1. The van der Waals surface area contributed by atoms with E-state index in [1.165, 1.54) is 17.4 Å². The Morgan fingerprint density at radius 3 is 2.92 bits per heavy atom. The van der Waals surface area contributed by atoms with Crippen molar-refractivity contribution in [1.82, 2.24) is 10.3 Å². The van der Waals surface area contributed by atoms with E-state index in [1.807, 2.05) is 37.3 Å². The number of benzene rings is 1. The summed E-state index contributed by atoms with van der Waals surface area (Å²) in [6.45, 7) is 2.76. The molecule has 184 valence electrons. The number of para-hydroxylation sites is 1. The van der Waals surface area contributed by atoms with Crippen LogP contribution in [0.2, 0.25) is 0 Å². The lowest BCUT2D eigenvalue weighted by molar-refractivity contribution is -0.111. The molecule has 3 aromatic rings. The average Bonchev–Trinajstić information content (AvgIpc) is 3.23. The van der Waals surface area contributed by atoms with Gasteiger partial charge in [0.05, 0.1) is 12.2 Å². The topological polar surface area (TPSA) is 113 Å². The minimum atomic E-state index is -0.490. The average molecular weight is 503 g/mol. The van der Waals surface area contributed by atoms with Crippen LogP contribution in [0.25, 0.3) is 6.08 Å². The number of nitrogens with one attached hydrogen (secondary N) is 2. The quantitative estimate of drug-likeness (QED) is 0.426. The molecule has 0 fully saturated rings. The smallest absolute Gasteiger partial charge is 0.407 e. The fourth-order valence-corrected chi connectivity index (χ4v) is 5.22. The number of amides is 2.